The summed E-state index contributed by atoms with van der Waals surface area (Å²) in [5, 5.41) is 5.88. The summed E-state index contributed by atoms with van der Waals surface area (Å²) in [5.41, 5.74) is -0.916. The molecule has 0 spiro atoms. The molecule has 0 radical (unpaired) electrons. The molecule has 1 heterocycles. The molecule has 1 saturated heterocycles. The molecule has 1 atom stereocenters. The van der Waals surface area contributed by atoms with Crippen LogP contribution in [0.4, 0.5) is 0 Å². The predicted octanol–water partition coefficient (Wildman–Crippen LogP) is 0.850. The number of hydrogen-bond donors (Lipinski definition) is 2. The van der Waals surface area contributed by atoms with Gasteiger partial charge < -0.3 is 15.4 Å². The van der Waals surface area contributed by atoms with Gasteiger partial charge in [-0.2, -0.15) is 0 Å². The molecule has 1 aromatic carbocycles. The van der Waals surface area contributed by atoms with Gasteiger partial charge in [0, 0.05) is 0 Å². The van der Waals surface area contributed by atoms with E-state index in [2.05, 4.69) is 10.6 Å². The lowest BCUT2D eigenvalue weighted by atomic mass is 9.91. The Kier molecular flexibility index (Phi) is 4.52. The number of rotatable bonds is 4. The van der Waals surface area contributed by atoms with E-state index in [9.17, 15) is 9.59 Å². The van der Waals surface area contributed by atoms with Crippen molar-refractivity contribution >= 4 is 12.4 Å². The number of hydrogen-bond acceptors (Lipinski definition) is 4. The van der Waals surface area contributed by atoms with E-state index in [1.54, 1.807) is 24.3 Å². The number of ether oxygens (including phenoxy) is 1. The lowest BCUT2D eigenvalue weighted by Gasteiger charge is -2.29. The van der Waals surface area contributed by atoms with Crippen LogP contribution < -0.4 is 15.4 Å². The van der Waals surface area contributed by atoms with Crippen molar-refractivity contribution in [2.75, 3.05) is 13.1 Å². The van der Waals surface area contributed by atoms with E-state index in [0.717, 1.165) is 13.0 Å². The van der Waals surface area contributed by atoms with Crippen LogP contribution in [-0.2, 0) is 9.59 Å². The van der Waals surface area contributed by atoms with E-state index >= 15 is 0 Å². The Morgan fingerprint density at radius 3 is 2.79 bits per heavy atom. The minimum atomic E-state index is -0.916. The molecule has 5 nitrogen and oxygen atoms in total. The first-order valence-corrected chi connectivity index (χ1v) is 6.46. The molecule has 1 aromatic rings. The molecule has 1 amide bonds. The normalized spacial score (nSPS) is 23.2. The first-order chi connectivity index (χ1) is 9.27. The second-order valence-corrected chi connectivity index (χ2v) is 4.65. The van der Waals surface area contributed by atoms with Crippen LogP contribution in [0.2, 0.25) is 0 Å². The van der Waals surface area contributed by atoms with Crippen molar-refractivity contribution in [3.05, 3.63) is 30.3 Å². The summed E-state index contributed by atoms with van der Waals surface area (Å²) >= 11 is 0. The van der Waals surface area contributed by atoms with Gasteiger partial charge in [0.1, 0.15) is 11.3 Å². The summed E-state index contributed by atoms with van der Waals surface area (Å²) in [6.45, 7) is 1.53. The molecule has 0 aliphatic carbocycles. The quantitative estimate of drug-likeness (QED) is 0.479. The topological polar surface area (TPSA) is 67.4 Å². The molecule has 102 valence electrons. The summed E-state index contributed by atoms with van der Waals surface area (Å²) in [6, 6.07) is 8.91. The largest absolute Gasteiger partial charge is 0.425 e. The molecule has 2 N–H and O–H groups in total. The van der Waals surface area contributed by atoms with Crippen LogP contribution in [0.1, 0.15) is 19.3 Å². The number of amides is 1. The molecule has 2 rings (SSSR count). The third kappa shape index (κ3) is 3.32. The first-order valence-electron chi connectivity index (χ1n) is 6.46. The van der Waals surface area contributed by atoms with Crippen molar-refractivity contribution in [2.45, 2.75) is 24.8 Å². The highest BCUT2D eigenvalue weighted by Crippen LogP contribution is 2.22. The van der Waals surface area contributed by atoms with E-state index in [1.165, 1.54) is 0 Å². The third-order valence-electron chi connectivity index (χ3n) is 3.37. The number of carbonyl (C=O) groups is 2. The van der Waals surface area contributed by atoms with Gasteiger partial charge in [0.15, 0.2) is 0 Å². The minimum Gasteiger partial charge on any atom is -0.425 e. The number of carbonyl (C=O) groups excluding carboxylic acids is 2. The van der Waals surface area contributed by atoms with Gasteiger partial charge in [0.2, 0.25) is 6.41 Å². The lowest BCUT2D eigenvalue weighted by molar-refractivity contribution is -0.144. The van der Waals surface area contributed by atoms with E-state index in [0.29, 0.717) is 31.5 Å². The number of benzene rings is 1. The van der Waals surface area contributed by atoms with E-state index in [1.807, 2.05) is 6.07 Å². The molecule has 5 heteroatoms. The number of nitrogens with one attached hydrogen (secondary N) is 2. The van der Waals surface area contributed by atoms with Gasteiger partial charge in [-0.1, -0.05) is 18.2 Å². The van der Waals surface area contributed by atoms with Crippen LogP contribution in [0.25, 0.3) is 0 Å². The number of esters is 1. The second kappa shape index (κ2) is 6.33. The molecule has 0 aromatic heterocycles. The highest BCUT2D eigenvalue weighted by Gasteiger charge is 2.40. The molecule has 0 bridgehead atoms. The average molecular weight is 262 g/mol. The van der Waals surface area contributed by atoms with Crippen molar-refractivity contribution in [3.63, 3.8) is 0 Å². The summed E-state index contributed by atoms with van der Waals surface area (Å²) in [4.78, 5) is 23.2. The fourth-order valence-electron chi connectivity index (χ4n) is 2.28. The Hall–Kier alpha value is -1.88. The molecule has 0 saturated carbocycles. The molecule has 1 aliphatic heterocycles. The SMILES string of the molecule is O=CNC1(C(=O)Oc2ccccc2)CCCNCC1. The molecular formula is C14H18N2O3. The van der Waals surface area contributed by atoms with Gasteiger partial charge in [0.05, 0.1) is 0 Å². The highest BCUT2D eigenvalue weighted by molar-refractivity contribution is 5.85. The molecular weight excluding hydrogens is 244 g/mol. The Morgan fingerprint density at radius 2 is 2.05 bits per heavy atom. The zero-order chi connectivity index (χ0) is 13.6. The Bertz CT molecular complexity index is 426. The predicted molar refractivity (Wildman–Crippen MR) is 70.7 cm³/mol. The Morgan fingerprint density at radius 1 is 1.26 bits per heavy atom. The fourth-order valence-corrected chi connectivity index (χ4v) is 2.28. The summed E-state index contributed by atoms with van der Waals surface area (Å²) < 4.78 is 5.38. The Labute approximate surface area is 112 Å². The maximum Gasteiger partial charge on any atom is 0.337 e. The van der Waals surface area contributed by atoms with E-state index in [4.69, 9.17) is 4.74 Å². The average Bonchev–Trinajstić information content (AvgIpc) is 2.67. The second-order valence-electron chi connectivity index (χ2n) is 4.65. The molecule has 19 heavy (non-hydrogen) atoms. The zero-order valence-electron chi connectivity index (χ0n) is 10.7. The van der Waals surface area contributed by atoms with Crippen LogP contribution in [0, 0.1) is 0 Å². The van der Waals surface area contributed by atoms with Crippen molar-refractivity contribution in [3.8, 4) is 5.75 Å². The monoisotopic (exact) mass is 262 g/mol. The van der Waals surface area contributed by atoms with Gasteiger partial charge in [-0.05, 0) is 44.5 Å². The van der Waals surface area contributed by atoms with Gasteiger partial charge in [-0.15, -0.1) is 0 Å². The maximum atomic E-state index is 12.4. The zero-order valence-corrected chi connectivity index (χ0v) is 10.7. The van der Waals surface area contributed by atoms with Crippen molar-refractivity contribution < 1.29 is 14.3 Å². The van der Waals surface area contributed by atoms with Gasteiger partial charge in [-0.3, -0.25) is 4.79 Å². The van der Waals surface area contributed by atoms with Crippen molar-refractivity contribution in [2.24, 2.45) is 0 Å². The van der Waals surface area contributed by atoms with Gasteiger partial charge >= 0.3 is 5.97 Å². The van der Waals surface area contributed by atoms with Crippen molar-refractivity contribution in [1.82, 2.24) is 10.6 Å². The summed E-state index contributed by atoms with van der Waals surface area (Å²) in [5.74, 6) is 0.103. The Balaban J connectivity index is 2.13. The maximum absolute atomic E-state index is 12.4. The molecule has 1 fully saturated rings. The standard InChI is InChI=1S/C14H18N2O3/c17-11-16-14(7-4-9-15-10-8-14)13(18)19-12-5-2-1-3-6-12/h1-3,5-6,11,15H,4,7-10H2,(H,16,17). The van der Waals surface area contributed by atoms with E-state index < -0.39 is 11.5 Å². The van der Waals surface area contributed by atoms with Crippen LogP contribution in [-0.4, -0.2) is 31.0 Å². The van der Waals surface area contributed by atoms with E-state index in [-0.39, 0.29) is 0 Å². The van der Waals surface area contributed by atoms with Gasteiger partial charge in [0.25, 0.3) is 0 Å². The summed E-state index contributed by atoms with van der Waals surface area (Å²) in [6.07, 6.45) is 2.53. The minimum absolute atomic E-state index is 0.394. The lowest BCUT2D eigenvalue weighted by Crippen LogP contribution is -2.54. The molecule has 1 unspecified atom stereocenters. The van der Waals surface area contributed by atoms with Gasteiger partial charge in [-0.25, -0.2) is 4.79 Å². The highest BCUT2D eigenvalue weighted by atomic mass is 16.5. The van der Waals surface area contributed by atoms with Crippen LogP contribution in [0.5, 0.6) is 5.75 Å². The number of para-hydroxylation sites is 1. The third-order valence-corrected chi connectivity index (χ3v) is 3.37. The fraction of sp³-hybridized carbons (Fsp3) is 0.429. The first kappa shape index (κ1) is 13.5. The van der Waals surface area contributed by atoms with Crippen molar-refractivity contribution in [1.29, 1.82) is 0 Å². The summed E-state index contributed by atoms with van der Waals surface area (Å²) in [7, 11) is 0. The smallest absolute Gasteiger partial charge is 0.337 e. The van der Waals surface area contributed by atoms with Crippen LogP contribution in [0.3, 0.4) is 0 Å². The van der Waals surface area contributed by atoms with Crippen LogP contribution >= 0.6 is 0 Å². The van der Waals surface area contributed by atoms with Crippen LogP contribution in [0.15, 0.2) is 30.3 Å². The molecule has 1 aliphatic rings.